The summed E-state index contributed by atoms with van der Waals surface area (Å²) in [5.41, 5.74) is 1.10. The molecule has 31 heavy (non-hydrogen) atoms. The third kappa shape index (κ3) is 6.60. The summed E-state index contributed by atoms with van der Waals surface area (Å²) in [6, 6.07) is 8.11. The molecule has 2 aromatic rings. The predicted molar refractivity (Wildman–Crippen MR) is 123 cm³/mol. The van der Waals surface area contributed by atoms with Gasteiger partial charge in [0.1, 0.15) is 5.78 Å². The lowest BCUT2D eigenvalue weighted by molar-refractivity contribution is -0.137. The van der Waals surface area contributed by atoms with Gasteiger partial charge in [0.2, 0.25) is 0 Å². The van der Waals surface area contributed by atoms with Gasteiger partial charge < -0.3 is 15.3 Å². The van der Waals surface area contributed by atoms with Gasteiger partial charge in [-0.25, -0.2) is 0 Å². The van der Waals surface area contributed by atoms with Crippen LogP contribution in [0.3, 0.4) is 0 Å². The van der Waals surface area contributed by atoms with Crippen LogP contribution in [0.5, 0.6) is 0 Å². The molecule has 1 unspecified atom stereocenters. The minimum atomic E-state index is -0.807. The van der Waals surface area contributed by atoms with Gasteiger partial charge in [-0.1, -0.05) is 42.5 Å². The fourth-order valence-electron chi connectivity index (χ4n) is 4.17. The molecule has 0 radical (unpaired) electrons. The van der Waals surface area contributed by atoms with Crippen LogP contribution in [0.25, 0.3) is 10.1 Å². The summed E-state index contributed by atoms with van der Waals surface area (Å²) in [5.74, 6) is -1.31. The number of rotatable bonds is 10. The number of benzene rings is 1. The maximum Gasteiger partial charge on any atom is 0.303 e. The topological polar surface area (TPSA) is 94.8 Å². The second-order valence-corrected chi connectivity index (χ2v) is 9.07. The second-order valence-electron chi connectivity index (χ2n) is 8.16. The molecule has 3 rings (SSSR count). The number of carboxylic acids is 1. The van der Waals surface area contributed by atoms with Crippen LogP contribution in [0.15, 0.2) is 53.9 Å². The Labute approximate surface area is 186 Å². The van der Waals surface area contributed by atoms with E-state index in [1.165, 1.54) is 4.70 Å². The van der Waals surface area contributed by atoms with E-state index in [1.807, 2.05) is 30.4 Å². The van der Waals surface area contributed by atoms with Crippen molar-refractivity contribution in [1.82, 2.24) is 0 Å². The lowest BCUT2D eigenvalue weighted by Gasteiger charge is -2.32. The Morgan fingerprint density at radius 1 is 1.26 bits per heavy atom. The van der Waals surface area contributed by atoms with Crippen molar-refractivity contribution in [1.29, 1.82) is 0 Å². The largest absolute Gasteiger partial charge is 0.481 e. The van der Waals surface area contributed by atoms with E-state index in [1.54, 1.807) is 17.4 Å². The van der Waals surface area contributed by atoms with E-state index in [0.717, 1.165) is 10.9 Å². The number of hydrogen-bond donors (Lipinski definition) is 3. The maximum absolute atomic E-state index is 12.5. The number of fused-ring (bicyclic) bond motifs is 1. The average molecular weight is 443 g/mol. The minimum Gasteiger partial charge on any atom is -0.481 e. The van der Waals surface area contributed by atoms with Crippen LogP contribution in [0.2, 0.25) is 0 Å². The standard InChI is InChI=1S/C25H30O5S/c26-18(15-17-16-31-24-9-6-5-7-19(17)24)11-12-21-20(22(27)13-14-23(21)28)8-3-1-2-4-10-25(29)30/h1,3,5-7,9,11-12,16,18,20-21,23,26,28H,2,4,8,10,13-15H2,(H,29,30)/t18?,20-,21-,23-/m1/s1. The molecule has 1 fully saturated rings. The summed E-state index contributed by atoms with van der Waals surface area (Å²) >= 11 is 1.66. The Kier molecular flexibility index (Phi) is 8.58. The van der Waals surface area contributed by atoms with Gasteiger partial charge >= 0.3 is 5.97 Å². The molecule has 4 atom stereocenters. The van der Waals surface area contributed by atoms with Gasteiger partial charge in [0.05, 0.1) is 12.2 Å². The van der Waals surface area contributed by atoms with Crippen LogP contribution in [0, 0.1) is 11.8 Å². The molecule has 1 heterocycles. The fourth-order valence-corrected chi connectivity index (χ4v) is 5.15. The van der Waals surface area contributed by atoms with Crippen molar-refractivity contribution < 1.29 is 24.9 Å². The molecule has 1 aromatic heterocycles. The highest BCUT2D eigenvalue weighted by molar-refractivity contribution is 7.17. The Morgan fingerprint density at radius 3 is 2.87 bits per heavy atom. The van der Waals surface area contributed by atoms with Gasteiger partial charge in [0.25, 0.3) is 0 Å². The lowest BCUT2D eigenvalue weighted by Crippen LogP contribution is -2.37. The molecule has 6 heteroatoms. The lowest BCUT2D eigenvalue weighted by atomic mass is 9.74. The number of carbonyl (C=O) groups is 2. The van der Waals surface area contributed by atoms with Gasteiger partial charge in [-0.3, -0.25) is 9.59 Å². The van der Waals surface area contributed by atoms with E-state index >= 15 is 0 Å². The molecule has 0 amide bonds. The summed E-state index contributed by atoms with van der Waals surface area (Å²) in [4.78, 5) is 23.1. The third-order valence-electron chi connectivity index (χ3n) is 5.87. The van der Waals surface area contributed by atoms with Gasteiger partial charge in [0, 0.05) is 35.8 Å². The first-order valence-electron chi connectivity index (χ1n) is 10.8. The number of aliphatic hydroxyl groups is 2. The molecule has 0 spiro atoms. The normalized spacial score (nSPS) is 23.2. The number of Topliss-reactive ketones (excluding diaryl/α,β-unsaturated/α-hetero) is 1. The Hall–Kier alpha value is -2.28. The number of aliphatic carboxylic acids is 1. The Balaban J connectivity index is 1.60. The van der Waals surface area contributed by atoms with Crippen LogP contribution in [-0.2, 0) is 16.0 Å². The quantitative estimate of drug-likeness (QED) is 0.371. The molecule has 1 saturated carbocycles. The van der Waals surface area contributed by atoms with Crippen molar-refractivity contribution in [2.24, 2.45) is 11.8 Å². The van der Waals surface area contributed by atoms with Crippen molar-refractivity contribution in [3.05, 3.63) is 59.5 Å². The molecule has 0 aliphatic heterocycles. The first-order chi connectivity index (χ1) is 15.0. The molecular weight excluding hydrogens is 412 g/mol. The highest BCUT2D eigenvalue weighted by atomic mass is 32.1. The number of hydrogen-bond acceptors (Lipinski definition) is 5. The summed E-state index contributed by atoms with van der Waals surface area (Å²) in [7, 11) is 0. The molecule has 0 saturated heterocycles. The number of carboxylic acid groups (broad SMARTS) is 1. The highest BCUT2D eigenvalue weighted by Crippen LogP contribution is 2.32. The number of ketones is 1. The van der Waals surface area contributed by atoms with Crippen molar-refractivity contribution in [2.45, 2.75) is 57.2 Å². The Morgan fingerprint density at radius 2 is 2.06 bits per heavy atom. The van der Waals surface area contributed by atoms with Gasteiger partial charge in [0.15, 0.2) is 0 Å². The van der Waals surface area contributed by atoms with Crippen molar-refractivity contribution >= 4 is 33.2 Å². The van der Waals surface area contributed by atoms with E-state index in [0.29, 0.717) is 38.5 Å². The number of unbranched alkanes of at least 4 members (excludes halogenated alkanes) is 1. The van der Waals surface area contributed by atoms with Crippen LogP contribution < -0.4 is 0 Å². The third-order valence-corrected chi connectivity index (χ3v) is 6.89. The monoisotopic (exact) mass is 442 g/mol. The number of thiophene rings is 1. The molecule has 1 aliphatic carbocycles. The smallest absolute Gasteiger partial charge is 0.303 e. The number of allylic oxidation sites excluding steroid dienone is 2. The van der Waals surface area contributed by atoms with E-state index in [2.05, 4.69) is 17.5 Å². The summed E-state index contributed by atoms with van der Waals surface area (Å²) in [5, 5.41) is 33.0. The molecule has 5 nitrogen and oxygen atoms in total. The van der Waals surface area contributed by atoms with Crippen molar-refractivity contribution in [2.75, 3.05) is 0 Å². The van der Waals surface area contributed by atoms with E-state index in [-0.39, 0.29) is 24.0 Å². The molecule has 3 N–H and O–H groups in total. The van der Waals surface area contributed by atoms with Crippen LogP contribution in [0.4, 0.5) is 0 Å². The molecular formula is C25H30O5S. The number of carbonyl (C=O) groups excluding carboxylic acids is 1. The average Bonchev–Trinajstić information content (AvgIpc) is 3.14. The number of aliphatic hydroxyl groups excluding tert-OH is 2. The van der Waals surface area contributed by atoms with Crippen molar-refractivity contribution in [3.8, 4) is 0 Å². The first kappa shape index (κ1) is 23.4. The zero-order valence-electron chi connectivity index (χ0n) is 17.5. The van der Waals surface area contributed by atoms with Gasteiger partial charge in [-0.15, -0.1) is 11.3 Å². The summed E-state index contributed by atoms with van der Waals surface area (Å²) < 4.78 is 1.19. The van der Waals surface area contributed by atoms with Crippen LogP contribution in [0.1, 0.15) is 44.1 Å². The highest BCUT2D eigenvalue weighted by Gasteiger charge is 2.35. The Bertz CT molecular complexity index is 944. The van der Waals surface area contributed by atoms with Crippen LogP contribution in [-0.4, -0.2) is 39.3 Å². The molecule has 1 aromatic carbocycles. The van der Waals surface area contributed by atoms with E-state index < -0.39 is 18.2 Å². The minimum absolute atomic E-state index is 0.133. The predicted octanol–water partition coefficient (Wildman–Crippen LogP) is 4.52. The zero-order valence-corrected chi connectivity index (χ0v) is 18.3. The van der Waals surface area contributed by atoms with Gasteiger partial charge in [-0.2, -0.15) is 0 Å². The molecule has 0 bridgehead atoms. The van der Waals surface area contributed by atoms with E-state index in [9.17, 15) is 19.8 Å². The SMILES string of the molecule is O=C(O)CCCC=CC[C@H]1C(=O)CC[C@@H](O)[C@@H]1C=CC(O)Cc1csc2ccccc12. The second kappa shape index (κ2) is 11.4. The van der Waals surface area contributed by atoms with Crippen LogP contribution >= 0.6 is 11.3 Å². The zero-order chi connectivity index (χ0) is 22.2. The fraction of sp³-hybridized carbons (Fsp3) is 0.440. The molecule has 166 valence electrons. The maximum atomic E-state index is 12.5. The van der Waals surface area contributed by atoms with Crippen molar-refractivity contribution in [3.63, 3.8) is 0 Å². The molecule has 1 aliphatic rings. The summed E-state index contributed by atoms with van der Waals surface area (Å²) in [6.07, 6.45) is 9.23. The summed E-state index contributed by atoms with van der Waals surface area (Å²) in [6.45, 7) is 0. The van der Waals surface area contributed by atoms with Gasteiger partial charge in [-0.05, 0) is 48.1 Å². The van der Waals surface area contributed by atoms with E-state index in [4.69, 9.17) is 5.11 Å². The first-order valence-corrected chi connectivity index (χ1v) is 11.7.